The van der Waals surface area contributed by atoms with Crippen LogP contribution in [0.2, 0.25) is 0 Å². The number of aromatic nitrogens is 5. The van der Waals surface area contributed by atoms with Crippen LogP contribution >= 0.6 is 0 Å². The molecule has 4 aromatic heterocycles. The Morgan fingerprint density at radius 2 is 1.17 bits per heavy atom. The summed E-state index contributed by atoms with van der Waals surface area (Å²) in [5.74, 6) is 1.78. The highest BCUT2D eigenvalue weighted by atomic mass is 16.3. The number of rotatable bonds is 4. The molecule has 10 rings (SSSR count). The first-order valence-electron chi connectivity index (χ1n) is 15.9. The lowest BCUT2D eigenvalue weighted by atomic mass is 10.0. The first kappa shape index (κ1) is 26.5. The molecule has 0 aliphatic rings. The van der Waals surface area contributed by atoms with Gasteiger partial charge in [0.2, 0.25) is 0 Å². The van der Waals surface area contributed by atoms with Crippen molar-refractivity contribution in [2.75, 3.05) is 0 Å². The van der Waals surface area contributed by atoms with E-state index in [1.165, 1.54) is 5.39 Å². The fourth-order valence-corrected chi connectivity index (χ4v) is 6.91. The predicted octanol–water partition coefficient (Wildman–Crippen LogP) is 10.4. The van der Waals surface area contributed by atoms with Gasteiger partial charge in [0.1, 0.15) is 16.8 Å². The zero-order valence-electron chi connectivity index (χ0n) is 25.6. The molecule has 6 nitrogen and oxygen atoms in total. The molecule has 224 valence electrons. The average Bonchev–Trinajstić information content (AvgIpc) is 3.70. The highest BCUT2D eigenvalue weighted by Crippen LogP contribution is 2.38. The molecule has 0 aliphatic carbocycles. The standard InChI is InChI=1S/C42H25N5O/c1-2-12-27(13-3-1)39-44-40(33-18-8-14-26-11-4-5-15-29(26)33)46-41(45-39)35-19-9-17-32-31-23-22-28(25-37(31)48-38(32)35)47-36-21-7-6-16-30(36)34-20-10-24-43-42(34)47/h1-25H. The van der Waals surface area contributed by atoms with Crippen molar-refractivity contribution in [3.8, 4) is 39.9 Å². The Labute approximate surface area is 274 Å². The Hall–Kier alpha value is -6.66. The molecule has 0 saturated heterocycles. The fourth-order valence-electron chi connectivity index (χ4n) is 6.91. The molecule has 6 heteroatoms. The second kappa shape index (κ2) is 10.4. The molecule has 0 aliphatic heterocycles. The number of furan rings is 1. The number of benzene rings is 6. The van der Waals surface area contributed by atoms with E-state index in [-0.39, 0.29) is 0 Å². The van der Waals surface area contributed by atoms with Crippen LogP contribution in [0, 0.1) is 0 Å². The number of hydrogen-bond donors (Lipinski definition) is 0. The zero-order valence-corrected chi connectivity index (χ0v) is 25.6. The Kier molecular flexibility index (Phi) is 5.77. The third kappa shape index (κ3) is 4.06. The van der Waals surface area contributed by atoms with E-state index < -0.39 is 0 Å². The van der Waals surface area contributed by atoms with E-state index in [2.05, 4.69) is 83.4 Å². The van der Waals surface area contributed by atoms with Gasteiger partial charge >= 0.3 is 0 Å². The molecule has 0 fully saturated rings. The van der Waals surface area contributed by atoms with Crippen LogP contribution < -0.4 is 0 Å². The van der Waals surface area contributed by atoms with Gasteiger partial charge in [-0.05, 0) is 47.2 Å². The van der Waals surface area contributed by atoms with Gasteiger partial charge in [-0.2, -0.15) is 0 Å². The van der Waals surface area contributed by atoms with Gasteiger partial charge in [-0.3, -0.25) is 4.57 Å². The van der Waals surface area contributed by atoms with Gasteiger partial charge in [-0.1, -0.05) is 103 Å². The minimum Gasteiger partial charge on any atom is -0.455 e. The van der Waals surface area contributed by atoms with Gasteiger partial charge in [0.05, 0.1) is 16.8 Å². The molecule has 48 heavy (non-hydrogen) atoms. The lowest BCUT2D eigenvalue weighted by molar-refractivity contribution is 0.669. The summed E-state index contributed by atoms with van der Waals surface area (Å²) in [6.45, 7) is 0. The Balaban J connectivity index is 1.19. The van der Waals surface area contributed by atoms with Gasteiger partial charge < -0.3 is 4.42 Å². The highest BCUT2D eigenvalue weighted by molar-refractivity contribution is 6.11. The summed E-state index contributed by atoms with van der Waals surface area (Å²) in [5.41, 5.74) is 7.19. The van der Waals surface area contributed by atoms with Crippen LogP contribution in [0.3, 0.4) is 0 Å². The van der Waals surface area contributed by atoms with Crippen molar-refractivity contribution in [3.63, 3.8) is 0 Å². The summed E-state index contributed by atoms with van der Waals surface area (Å²) in [4.78, 5) is 19.9. The second-order valence-electron chi connectivity index (χ2n) is 11.9. The SMILES string of the molecule is c1ccc(-c2nc(-c3cccc4ccccc34)nc(-c3cccc4c3oc3cc(-n5c6ccccc6c6cccnc65)ccc34)n2)cc1. The smallest absolute Gasteiger partial charge is 0.167 e. The van der Waals surface area contributed by atoms with Crippen LogP contribution in [0.15, 0.2) is 156 Å². The summed E-state index contributed by atoms with van der Waals surface area (Å²) in [5, 5.41) is 6.53. The van der Waals surface area contributed by atoms with E-state index in [1.807, 2.05) is 72.9 Å². The maximum atomic E-state index is 6.73. The van der Waals surface area contributed by atoms with Gasteiger partial charge in [0.15, 0.2) is 17.5 Å². The molecule has 0 amide bonds. The summed E-state index contributed by atoms with van der Waals surface area (Å²) >= 11 is 0. The van der Waals surface area contributed by atoms with Gasteiger partial charge in [0.25, 0.3) is 0 Å². The van der Waals surface area contributed by atoms with Crippen molar-refractivity contribution in [2.45, 2.75) is 0 Å². The minimum atomic E-state index is 0.559. The van der Waals surface area contributed by atoms with Crippen LogP contribution in [-0.4, -0.2) is 24.5 Å². The Bertz CT molecular complexity index is 2790. The van der Waals surface area contributed by atoms with Gasteiger partial charge in [-0.15, -0.1) is 0 Å². The molecule has 0 bridgehead atoms. The second-order valence-corrected chi connectivity index (χ2v) is 11.9. The van der Waals surface area contributed by atoms with Crippen molar-refractivity contribution in [2.24, 2.45) is 0 Å². The summed E-state index contributed by atoms with van der Waals surface area (Å²) in [7, 11) is 0. The fraction of sp³-hybridized carbons (Fsp3) is 0. The molecule has 0 radical (unpaired) electrons. The molecule has 0 spiro atoms. The van der Waals surface area contributed by atoms with E-state index in [4.69, 9.17) is 24.4 Å². The van der Waals surface area contributed by atoms with E-state index in [9.17, 15) is 0 Å². The van der Waals surface area contributed by atoms with E-state index in [0.717, 1.165) is 71.6 Å². The number of para-hydroxylation sites is 2. The molecule has 10 aromatic rings. The third-order valence-corrected chi connectivity index (χ3v) is 9.11. The van der Waals surface area contributed by atoms with Crippen molar-refractivity contribution >= 4 is 54.6 Å². The van der Waals surface area contributed by atoms with Gasteiger partial charge in [0, 0.05) is 44.9 Å². The molecule has 4 heterocycles. The number of nitrogens with zero attached hydrogens (tertiary/aromatic N) is 5. The summed E-state index contributed by atoms with van der Waals surface area (Å²) < 4.78 is 8.93. The maximum absolute atomic E-state index is 6.73. The third-order valence-electron chi connectivity index (χ3n) is 9.11. The molecule has 0 unspecified atom stereocenters. The molecule has 0 atom stereocenters. The van der Waals surface area contributed by atoms with E-state index in [0.29, 0.717) is 17.5 Å². The average molecular weight is 616 g/mol. The maximum Gasteiger partial charge on any atom is 0.167 e. The molecule has 0 saturated carbocycles. The lowest BCUT2D eigenvalue weighted by Gasteiger charge is -2.10. The van der Waals surface area contributed by atoms with Crippen LogP contribution in [0.5, 0.6) is 0 Å². The van der Waals surface area contributed by atoms with Crippen LogP contribution in [-0.2, 0) is 0 Å². The van der Waals surface area contributed by atoms with E-state index >= 15 is 0 Å². The minimum absolute atomic E-state index is 0.559. The van der Waals surface area contributed by atoms with Crippen LogP contribution in [0.25, 0.3) is 94.5 Å². The molecule has 6 aromatic carbocycles. The molecular formula is C42H25N5O. The molecule has 0 N–H and O–H groups in total. The van der Waals surface area contributed by atoms with Crippen molar-refractivity contribution < 1.29 is 4.42 Å². The highest BCUT2D eigenvalue weighted by Gasteiger charge is 2.20. The quantitative estimate of drug-likeness (QED) is 0.197. The predicted molar refractivity (Wildman–Crippen MR) is 193 cm³/mol. The zero-order chi connectivity index (χ0) is 31.6. The van der Waals surface area contributed by atoms with Crippen molar-refractivity contribution in [3.05, 3.63) is 152 Å². The first-order valence-corrected chi connectivity index (χ1v) is 15.9. The Morgan fingerprint density at radius 3 is 2.08 bits per heavy atom. The van der Waals surface area contributed by atoms with Crippen LogP contribution in [0.4, 0.5) is 0 Å². The van der Waals surface area contributed by atoms with Gasteiger partial charge in [-0.25, -0.2) is 19.9 Å². The topological polar surface area (TPSA) is 69.6 Å². The van der Waals surface area contributed by atoms with Crippen molar-refractivity contribution in [1.82, 2.24) is 24.5 Å². The largest absolute Gasteiger partial charge is 0.455 e. The lowest BCUT2D eigenvalue weighted by Crippen LogP contribution is -2.00. The molecular weight excluding hydrogens is 590 g/mol. The van der Waals surface area contributed by atoms with Crippen molar-refractivity contribution in [1.29, 1.82) is 0 Å². The number of fused-ring (bicyclic) bond motifs is 7. The normalized spacial score (nSPS) is 11.8. The summed E-state index contributed by atoms with van der Waals surface area (Å²) in [6.07, 6.45) is 1.84. The monoisotopic (exact) mass is 615 g/mol. The number of pyridine rings is 1. The van der Waals surface area contributed by atoms with E-state index in [1.54, 1.807) is 0 Å². The first-order chi connectivity index (χ1) is 23.8. The Morgan fingerprint density at radius 1 is 0.479 bits per heavy atom. The summed E-state index contributed by atoms with van der Waals surface area (Å²) in [6, 6.07) is 49.7. The number of hydrogen-bond acceptors (Lipinski definition) is 5. The van der Waals surface area contributed by atoms with Crippen LogP contribution in [0.1, 0.15) is 0 Å².